The summed E-state index contributed by atoms with van der Waals surface area (Å²) in [5, 5.41) is 0.148. The van der Waals surface area contributed by atoms with Crippen molar-refractivity contribution in [2.75, 3.05) is 6.61 Å². The summed E-state index contributed by atoms with van der Waals surface area (Å²) in [6, 6.07) is 0. The molecule has 0 bridgehead atoms. The molecule has 1 rings (SSSR count). The Labute approximate surface area is 123 Å². The van der Waals surface area contributed by atoms with Gasteiger partial charge in [-0.3, -0.25) is 14.3 Å². The summed E-state index contributed by atoms with van der Waals surface area (Å²) in [7, 11) is 0. The van der Waals surface area contributed by atoms with Crippen LogP contribution >= 0.6 is 11.6 Å². The van der Waals surface area contributed by atoms with Crippen molar-refractivity contribution in [2.45, 2.75) is 59.1 Å². The van der Waals surface area contributed by atoms with Gasteiger partial charge in [0, 0.05) is 13.2 Å². The van der Waals surface area contributed by atoms with Crippen LogP contribution in [0.15, 0.2) is 9.59 Å². The highest BCUT2D eigenvalue weighted by Crippen LogP contribution is 2.16. The third-order valence-corrected chi connectivity index (χ3v) is 3.28. The Kier molecular flexibility index (Phi) is 6.49. The molecular formula is C14H23ClN2O3. The van der Waals surface area contributed by atoms with Gasteiger partial charge in [-0.2, -0.15) is 0 Å². The normalized spacial score (nSPS) is 11.6. The topological polar surface area (TPSA) is 64.1 Å². The lowest BCUT2D eigenvalue weighted by Crippen LogP contribution is -2.37. The highest BCUT2D eigenvalue weighted by atomic mass is 35.5. The van der Waals surface area contributed by atoms with Gasteiger partial charge in [0.25, 0.3) is 5.56 Å². The van der Waals surface area contributed by atoms with Crippen LogP contribution in [0.2, 0.25) is 5.15 Å². The standard InChI is InChI=1S/C14H23ClN2O3/c1-9(2)11-12(15)16-14(19)17(13(11)18)7-5-6-8-20-10(3)4/h9-10H,5-8H2,1-4H3,(H,16,19). The lowest BCUT2D eigenvalue weighted by molar-refractivity contribution is 0.0753. The first-order valence-corrected chi connectivity index (χ1v) is 7.36. The fourth-order valence-corrected chi connectivity index (χ4v) is 2.33. The number of aromatic nitrogens is 2. The average molecular weight is 303 g/mol. The van der Waals surface area contributed by atoms with Gasteiger partial charge < -0.3 is 4.74 Å². The van der Waals surface area contributed by atoms with Gasteiger partial charge in [0.1, 0.15) is 5.15 Å². The van der Waals surface area contributed by atoms with E-state index in [0.717, 1.165) is 12.8 Å². The zero-order valence-corrected chi connectivity index (χ0v) is 13.3. The third kappa shape index (κ3) is 4.49. The fourth-order valence-electron chi connectivity index (χ4n) is 1.95. The van der Waals surface area contributed by atoms with Crippen molar-refractivity contribution in [2.24, 2.45) is 0 Å². The summed E-state index contributed by atoms with van der Waals surface area (Å²) < 4.78 is 6.65. The van der Waals surface area contributed by atoms with Gasteiger partial charge in [0.05, 0.1) is 11.7 Å². The highest BCUT2D eigenvalue weighted by Gasteiger charge is 2.15. The van der Waals surface area contributed by atoms with E-state index >= 15 is 0 Å². The molecule has 0 unspecified atom stereocenters. The maximum atomic E-state index is 12.3. The highest BCUT2D eigenvalue weighted by molar-refractivity contribution is 6.30. The number of rotatable bonds is 7. The minimum atomic E-state index is -0.450. The molecule has 0 atom stereocenters. The molecule has 0 aromatic carbocycles. The summed E-state index contributed by atoms with van der Waals surface area (Å²) in [5.41, 5.74) is -0.280. The maximum Gasteiger partial charge on any atom is 0.329 e. The Morgan fingerprint density at radius 2 is 1.85 bits per heavy atom. The Balaban J connectivity index is 2.78. The van der Waals surface area contributed by atoms with Crippen molar-refractivity contribution in [3.8, 4) is 0 Å². The van der Waals surface area contributed by atoms with E-state index in [-0.39, 0.29) is 22.7 Å². The van der Waals surface area contributed by atoms with Crippen molar-refractivity contribution >= 4 is 11.6 Å². The number of hydrogen-bond donors (Lipinski definition) is 1. The van der Waals surface area contributed by atoms with Crippen molar-refractivity contribution in [1.82, 2.24) is 9.55 Å². The molecule has 5 nitrogen and oxygen atoms in total. The SMILES string of the molecule is CC(C)OCCCCn1c(=O)[nH]c(Cl)c(C(C)C)c1=O. The minimum absolute atomic E-state index is 0.0256. The van der Waals surface area contributed by atoms with Crippen LogP contribution in [-0.2, 0) is 11.3 Å². The predicted molar refractivity (Wildman–Crippen MR) is 80.7 cm³/mol. The summed E-state index contributed by atoms with van der Waals surface area (Å²) in [4.78, 5) is 26.6. The number of ether oxygens (including phenoxy) is 1. The van der Waals surface area contributed by atoms with Crippen LogP contribution < -0.4 is 11.2 Å². The quantitative estimate of drug-likeness (QED) is 0.622. The largest absolute Gasteiger partial charge is 0.379 e. The van der Waals surface area contributed by atoms with E-state index in [2.05, 4.69) is 4.98 Å². The molecule has 0 aliphatic heterocycles. The molecule has 0 amide bonds. The number of nitrogens with one attached hydrogen (secondary N) is 1. The molecular weight excluding hydrogens is 280 g/mol. The number of H-pyrrole nitrogens is 1. The average Bonchev–Trinajstić information content (AvgIpc) is 2.30. The Morgan fingerprint density at radius 3 is 2.40 bits per heavy atom. The van der Waals surface area contributed by atoms with Gasteiger partial charge >= 0.3 is 5.69 Å². The third-order valence-electron chi connectivity index (χ3n) is 2.98. The Bertz CT molecular complexity index is 546. The summed E-state index contributed by atoms with van der Waals surface area (Å²) >= 11 is 5.93. The molecule has 0 fully saturated rings. The molecule has 1 aromatic heterocycles. The molecule has 0 aliphatic rings. The number of hydrogen-bond acceptors (Lipinski definition) is 3. The lowest BCUT2D eigenvalue weighted by Gasteiger charge is -2.11. The van der Waals surface area contributed by atoms with Crippen LogP contribution in [0.1, 0.15) is 52.0 Å². The first kappa shape index (κ1) is 17.0. The van der Waals surface area contributed by atoms with Crippen molar-refractivity contribution in [3.63, 3.8) is 0 Å². The Morgan fingerprint density at radius 1 is 1.20 bits per heavy atom. The molecule has 1 N–H and O–H groups in total. The Hall–Kier alpha value is -1.07. The van der Waals surface area contributed by atoms with Gasteiger partial charge in [-0.05, 0) is 32.6 Å². The van der Waals surface area contributed by atoms with Gasteiger partial charge in [0.15, 0.2) is 0 Å². The van der Waals surface area contributed by atoms with Crippen LogP contribution in [0.25, 0.3) is 0 Å². The summed E-state index contributed by atoms with van der Waals surface area (Å²) in [6.45, 7) is 8.72. The predicted octanol–water partition coefficient (Wildman–Crippen LogP) is 2.52. The van der Waals surface area contributed by atoms with Crippen LogP contribution in [-0.4, -0.2) is 22.3 Å². The molecule has 20 heavy (non-hydrogen) atoms. The van der Waals surface area contributed by atoms with Gasteiger partial charge in [-0.25, -0.2) is 4.79 Å². The molecule has 1 aromatic rings. The number of aromatic amines is 1. The van der Waals surface area contributed by atoms with E-state index in [1.807, 2.05) is 27.7 Å². The molecule has 0 saturated heterocycles. The lowest BCUT2D eigenvalue weighted by atomic mass is 10.1. The monoisotopic (exact) mass is 302 g/mol. The van der Waals surface area contributed by atoms with Crippen LogP contribution in [0.3, 0.4) is 0 Å². The fraction of sp³-hybridized carbons (Fsp3) is 0.714. The second-order valence-electron chi connectivity index (χ2n) is 5.40. The van der Waals surface area contributed by atoms with Crippen LogP contribution in [0.4, 0.5) is 0 Å². The first-order valence-electron chi connectivity index (χ1n) is 6.98. The second kappa shape index (κ2) is 7.64. The van der Waals surface area contributed by atoms with E-state index in [1.54, 1.807) is 0 Å². The number of halogens is 1. The van der Waals surface area contributed by atoms with Gasteiger partial charge in [-0.1, -0.05) is 25.4 Å². The second-order valence-corrected chi connectivity index (χ2v) is 5.77. The van der Waals surface area contributed by atoms with E-state index < -0.39 is 5.69 Å². The first-order chi connectivity index (χ1) is 9.34. The molecule has 0 saturated carbocycles. The number of nitrogens with zero attached hydrogens (tertiary/aromatic N) is 1. The maximum absolute atomic E-state index is 12.3. The van der Waals surface area contributed by atoms with E-state index in [9.17, 15) is 9.59 Å². The van der Waals surface area contributed by atoms with Crippen molar-refractivity contribution < 1.29 is 4.74 Å². The molecule has 0 radical (unpaired) electrons. The van der Waals surface area contributed by atoms with E-state index in [0.29, 0.717) is 18.7 Å². The van der Waals surface area contributed by atoms with Crippen LogP contribution in [0.5, 0.6) is 0 Å². The van der Waals surface area contributed by atoms with Crippen molar-refractivity contribution in [3.05, 3.63) is 31.6 Å². The van der Waals surface area contributed by atoms with E-state index in [1.165, 1.54) is 4.57 Å². The van der Waals surface area contributed by atoms with Crippen LogP contribution in [0, 0.1) is 0 Å². The smallest absolute Gasteiger partial charge is 0.329 e. The summed E-state index contributed by atoms with van der Waals surface area (Å²) in [6.07, 6.45) is 1.72. The summed E-state index contributed by atoms with van der Waals surface area (Å²) in [5.74, 6) is -0.0256. The van der Waals surface area contributed by atoms with Gasteiger partial charge in [-0.15, -0.1) is 0 Å². The molecule has 6 heteroatoms. The van der Waals surface area contributed by atoms with E-state index in [4.69, 9.17) is 16.3 Å². The van der Waals surface area contributed by atoms with Crippen molar-refractivity contribution in [1.29, 1.82) is 0 Å². The minimum Gasteiger partial charge on any atom is -0.379 e. The number of unbranched alkanes of at least 4 members (excludes halogenated alkanes) is 1. The zero-order valence-electron chi connectivity index (χ0n) is 12.5. The molecule has 1 heterocycles. The molecule has 0 spiro atoms. The van der Waals surface area contributed by atoms with Gasteiger partial charge in [0.2, 0.25) is 0 Å². The molecule has 0 aliphatic carbocycles. The zero-order chi connectivity index (χ0) is 15.3. The molecule has 114 valence electrons.